The Bertz CT molecular complexity index is 2240. The fourth-order valence-electron chi connectivity index (χ4n) is 6.49. The largest absolute Gasteiger partial charge is 0.463 e. The highest BCUT2D eigenvalue weighted by Crippen LogP contribution is 2.35. The summed E-state index contributed by atoms with van der Waals surface area (Å²) in [5.74, 6) is -5.90. The van der Waals surface area contributed by atoms with Crippen LogP contribution in [-0.4, -0.2) is 121 Å². The van der Waals surface area contributed by atoms with Gasteiger partial charge in [0.05, 0.1) is 11.4 Å². The number of rotatable bonds is 14. The molecule has 5 rings (SSSR count). The van der Waals surface area contributed by atoms with Crippen molar-refractivity contribution in [1.29, 1.82) is 0 Å². The number of aromatic nitrogens is 1. The molecule has 0 radical (unpaired) electrons. The first-order chi connectivity index (χ1) is 29.5. The van der Waals surface area contributed by atoms with Crippen LogP contribution in [0.4, 0.5) is 5.69 Å². The predicted molar refractivity (Wildman–Crippen MR) is 226 cm³/mol. The standard InChI is InChI=1S/C40H45N3O17S2.2ClH/c1-20(44)51-18-29-32(60-38-36(57-26(7)50)34(55-24(5)48)31(53-22(3)46)30(59-38)19-52-21(2)45)33(54-23(4)47)35(56-25(6)49)37(58-29)42-40-43(28-16-12-9-13-17-28)39(61-62-40)41-27-14-10-8-11-15-27;;/h8-17,29-38H,18-19H2,1-7H3;2*1H/b41-39?,42-40+;;/t29-,30-,31+,32-,33+,34+,35-,36-,37-,38+;;/m1../s1. The monoisotopic (exact) mass is 975 g/mol. The van der Waals surface area contributed by atoms with E-state index < -0.39 is 116 Å². The fourth-order valence-corrected chi connectivity index (χ4v) is 8.66. The van der Waals surface area contributed by atoms with Crippen molar-refractivity contribution in [3.8, 4) is 5.69 Å². The lowest BCUT2D eigenvalue weighted by Crippen LogP contribution is -2.67. The molecule has 0 N–H and O–H groups in total. The molecule has 0 bridgehead atoms. The number of ether oxygens (including phenoxy) is 10. The van der Waals surface area contributed by atoms with Crippen molar-refractivity contribution < 1.29 is 80.9 Å². The second-order valence-corrected chi connectivity index (χ2v) is 15.7. The van der Waals surface area contributed by atoms with Gasteiger partial charge in [0.1, 0.15) is 31.5 Å². The van der Waals surface area contributed by atoms with E-state index in [1.165, 1.54) is 20.7 Å². The fraction of sp³-hybridized carbons (Fsp3) is 0.475. The summed E-state index contributed by atoms with van der Waals surface area (Å²) in [6, 6.07) is 18.3. The first kappa shape index (κ1) is 53.1. The molecule has 2 aliphatic heterocycles. The molecule has 1 aromatic heterocycles. The Kier molecular flexibility index (Phi) is 20.5. The Balaban J connectivity index is 0.00000544. The number of hydrogen-bond donors (Lipinski definition) is 0. The lowest BCUT2D eigenvalue weighted by atomic mass is 9.95. The highest BCUT2D eigenvalue weighted by molar-refractivity contribution is 7.67. The van der Waals surface area contributed by atoms with Crippen molar-refractivity contribution in [3.05, 3.63) is 70.3 Å². The third-order valence-corrected chi connectivity index (χ3v) is 10.8. The van der Waals surface area contributed by atoms with E-state index in [1.807, 2.05) is 60.7 Å². The average Bonchev–Trinajstić information content (AvgIpc) is 3.58. The van der Waals surface area contributed by atoms with Gasteiger partial charge in [-0.3, -0.25) is 38.1 Å². The number of benzene rings is 2. The van der Waals surface area contributed by atoms with Gasteiger partial charge in [0.2, 0.25) is 9.60 Å². The van der Waals surface area contributed by atoms with Gasteiger partial charge in [-0.25, -0.2) is 9.98 Å². The van der Waals surface area contributed by atoms with E-state index in [-0.39, 0.29) is 24.8 Å². The van der Waals surface area contributed by atoms with Crippen molar-refractivity contribution in [2.45, 2.75) is 110 Å². The molecule has 2 aliphatic rings. The maximum absolute atomic E-state index is 12.9. The predicted octanol–water partition coefficient (Wildman–Crippen LogP) is 3.20. The Morgan fingerprint density at radius 1 is 0.531 bits per heavy atom. The summed E-state index contributed by atoms with van der Waals surface area (Å²) in [6.07, 6.45) is -15.9. The van der Waals surface area contributed by atoms with Crippen molar-refractivity contribution in [3.63, 3.8) is 0 Å². The maximum atomic E-state index is 12.9. The summed E-state index contributed by atoms with van der Waals surface area (Å²) >= 11 is 0. The molecule has 2 fully saturated rings. The zero-order chi connectivity index (χ0) is 45.1. The smallest absolute Gasteiger partial charge is 0.303 e. The molecular weight excluding hydrogens is 929 g/mol. The van der Waals surface area contributed by atoms with Crippen LogP contribution < -0.4 is 9.60 Å². The summed E-state index contributed by atoms with van der Waals surface area (Å²) in [6.45, 7) is 6.44. The summed E-state index contributed by atoms with van der Waals surface area (Å²) in [7, 11) is 2.49. The molecule has 0 unspecified atom stereocenters. The maximum Gasteiger partial charge on any atom is 0.303 e. The van der Waals surface area contributed by atoms with E-state index in [1.54, 1.807) is 4.57 Å². The molecule has 0 amide bonds. The quantitative estimate of drug-likeness (QED) is 0.128. The highest BCUT2D eigenvalue weighted by Gasteiger charge is 2.57. The van der Waals surface area contributed by atoms with Crippen LogP contribution in [0.25, 0.3) is 5.69 Å². The highest BCUT2D eigenvalue weighted by atomic mass is 35.5. The van der Waals surface area contributed by atoms with Gasteiger partial charge in [-0.05, 0) is 44.9 Å². The first-order valence-electron chi connectivity index (χ1n) is 19.0. The topological polar surface area (TPSA) is 241 Å². The zero-order valence-corrected chi connectivity index (χ0v) is 38.6. The minimum absolute atomic E-state index is 0. The molecular formula is C40H47Cl2N3O17S2. The van der Waals surface area contributed by atoms with Crippen LogP contribution in [0, 0.1) is 0 Å². The summed E-state index contributed by atoms with van der Waals surface area (Å²) in [4.78, 5) is 97.9. The van der Waals surface area contributed by atoms with Gasteiger partial charge in [0.25, 0.3) is 0 Å². The van der Waals surface area contributed by atoms with Gasteiger partial charge in [0.15, 0.2) is 43.0 Å². The lowest BCUT2D eigenvalue weighted by molar-refractivity contribution is -0.344. The Hall–Kier alpha value is -5.23. The molecule has 24 heteroatoms. The molecule has 20 nitrogen and oxygen atoms in total. The van der Waals surface area contributed by atoms with Gasteiger partial charge in [0, 0.05) is 48.5 Å². The van der Waals surface area contributed by atoms with Crippen LogP contribution in [-0.2, 0) is 80.9 Å². The van der Waals surface area contributed by atoms with Gasteiger partial charge in [-0.1, -0.05) is 36.4 Å². The van der Waals surface area contributed by atoms with Crippen LogP contribution in [0.2, 0.25) is 0 Å². The molecule has 350 valence electrons. The summed E-state index contributed by atoms with van der Waals surface area (Å²) < 4.78 is 59.6. The number of nitrogens with zero attached hydrogens (tertiary/aromatic N) is 3. The minimum Gasteiger partial charge on any atom is -0.463 e. The minimum atomic E-state index is -1.82. The zero-order valence-electron chi connectivity index (χ0n) is 35.4. The normalized spacial score (nSPS) is 25.5. The lowest BCUT2D eigenvalue weighted by Gasteiger charge is -2.48. The SMILES string of the molecule is CC(=O)OC[C@H]1O[C@@H](O[C@H]2[C@H](OC(C)=O)[C@@H](OC(C)=O)[C@H](/N=c3/ssc(=Nc4ccccc4)n3-c3ccccc3)O[C@@H]2COC(C)=O)[C@H](OC(C)=O)[C@@H](OC(C)=O)[C@H]1OC(C)=O.Cl.Cl. The number of carbonyl (C=O) groups excluding carboxylic acids is 7. The second-order valence-electron chi connectivity index (χ2n) is 13.7. The number of carbonyl (C=O) groups is 7. The molecule has 0 aliphatic carbocycles. The Morgan fingerprint density at radius 3 is 1.48 bits per heavy atom. The Labute approximate surface area is 385 Å². The number of esters is 7. The third-order valence-electron chi connectivity index (χ3n) is 8.71. The van der Waals surface area contributed by atoms with Gasteiger partial charge in [-0.2, -0.15) is 0 Å². The number of halogens is 2. The average molecular weight is 977 g/mol. The van der Waals surface area contributed by atoms with E-state index in [4.69, 9.17) is 57.4 Å². The van der Waals surface area contributed by atoms with Crippen LogP contribution in [0.15, 0.2) is 70.6 Å². The molecule has 2 saturated heterocycles. The van der Waals surface area contributed by atoms with E-state index in [0.717, 1.165) is 48.5 Å². The van der Waals surface area contributed by atoms with Crippen LogP contribution >= 0.6 is 45.5 Å². The number of para-hydroxylation sites is 2. The van der Waals surface area contributed by atoms with E-state index >= 15 is 0 Å². The van der Waals surface area contributed by atoms with Crippen LogP contribution in [0.1, 0.15) is 48.5 Å². The van der Waals surface area contributed by atoms with E-state index in [0.29, 0.717) is 21.0 Å². The van der Waals surface area contributed by atoms with Gasteiger partial charge < -0.3 is 47.4 Å². The van der Waals surface area contributed by atoms with Gasteiger partial charge >= 0.3 is 41.8 Å². The second kappa shape index (κ2) is 24.7. The molecule has 3 aromatic rings. The Morgan fingerprint density at radius 2 is 0.969 bits per heavy atom. The molecule has 3 heterocycles. The summed E-state index contributed by atoms with van der Waals surface area (Å²) in [5, 5.41) is 0. The van der Waals surface area contributed by atoms with Crippen molar-refractivity contribution in [2.75, 3.05) is 13.2 Å². The van der Waals surface area contributed by atoms with Crippen molar-refractivity contribution >= 4 is 93.0 Å². The van der Waals surface area contributed by atoms with E-state index in [9.17, 15) is 33.6 Å². The van der Waals surface area contributed by atoms with Crippen molar-refractivity contribution in [1.82, 2.24) is 4.57 Å². The number of hydrogen-bond acceptors (Lipinski definition) is 21. The molecule has 10 atom stereocenters. The van der Waals surface area contributed by atoms with Gasteiger partial charge in [-0.15, -0.1) is 24.8 Å². The van der Waals surface area contributed by atoms with Crippen molar-refractivity contribution in [2.24, 2.45) is 9.98 Å². The first-order valence-corrected chi connectivity index (χ1v) is 21.2. The third kappa shape index (κ3) is 14.7. The molecule has 2 aromatic carbocycles. The van der Waals surface area contributed by atoms with E-state index in [2.05, 4.69) is 0 Å². The summed E-state index contributed by atoms with van der Waals surface area (Å²) in [5.41, 5.74) is 1.32. The van der Waals surface area contributed by atoms with Crippen LogP contribution in [0.5, 0.6) is 0 Å². The van der Waals surface area contributed by atoms with Crippen LogP contribution in [0.3, 0.4) is 0 Å². The molecule has 64 heavy (non-hydrogen) atoms. The molecule has 0 saturated carbocycles. The molecule has 0 spiro atoms.